The smallest absolute Gasteiger partial charge is 0.0218 e. The molecule has 0 aromatic rings. The topological polar surface area (TPSA) is 15.3 Å². The molecule has 2 heteroatoms. The molecule has 1 rings (SSSR count). The van der Waals surface area contributed by atoms with Gasteiger partial charge in [-0.25, -0.2) is 0 Å². The van der Waals surface area contributed by atoms with Crippen molar-refractivity contribution in [2.45, 2.75) is 59.0 Å². The molecule has 1 heterocycles. The zero-order chi connectivity index (χ0) is 11.3. The fourth-order valence-corrected chi connectivity index (χ4v) is 2.37. The van der Waals surface area contributed by atoms with Crippen molar-refractivity contribution >= 4 is 0 Å². The Morgan fingerprint density at radius 3 is 2.60 bits per heavy atom. The monoisotopic (exact) mass is 212 g/mol. The average Bonchev–Trinajstić information content (AvgIpc) is 2.25. The van der Waals surface area contributed by atoms with E-state index in [4.69, 9.17) is 0 Å². The number of nitrogens with one attached hydrogen (secondary N) is 1. The molecule has 0 aromatic carbocycles. The summed E-state index contributed by atoms with van der Waals surface area (Å²) in [5, 5.41) is 3.68. The Labute approximate surface area is 95.4 Å². The van der Waals surface area contributed by atoms with Gasteiger partial charge >= 0.3 is 0 Å². The normalized spacial score (nSPS) is 28.6. The van der Waals surface area contributed by atoms with Crippen LogP contribution in [0, 0.1) is 5.92 Å². The molecule has 2 nitrogen and oxygen atoms in total. The summed E-state index contributed by atoms with van der Waals surface area (Å²) in [7, 11) is 0. The molecule has 0 spiro atoms. The number of hydrogen-bond donors (Lipinski definition) is 1. The Balaban J connectivity index is 2.45. The van der Waals surface area contributed by atoms with Gasteiger partial charge in [0.15, 0.2) is 0 Å². The lowest BCUT2D eigenvalue weighted by atomic mass is 9.98. The number of nitrogens with zero attached hydrogens (tertiary/aromatic N) is 1. The molecule has 1 saturated heterocycles. The van der Waals surface area contributed by atoms with Crippen LogP contribution in [0.4, 0.5) is 0 Å². The minimum absolute atomic E-state index is 0.699. The van der Waals surface area contributed by atoms with Gasteiger partial charge in [0.2, 0.25) is 0 Å². The van der Waals surface area contributed by atoms with Crippen molar-refractivity contribution in [3.8, 4) is 0 Å². The van der Waals surface area contributed by atoms with E-state index in [0.717, 1.165) is 12.0 Å². The van der Waals surface area contributed by atoms with E-state index in [1.807, 2.05) is 0 Å². The highest BCUT2D eigenvalue weighted by molar-refractivity contribution is 4.86. The van der Waals surface area contributed by atoms with Crippen molar-refractivity contribution < 1.29 is 0 Å². The van der Waals surface area contributed by atoms with E-state index in [1.165, 1.54) is 38.9 Å². The molecule has 2 unspecified atom stereocenters. The molecule has 1 aliphatic heterocycles. The summed E-state index contributed by atoms with van der Waals surface area (Å²) < 4.78 is 0. The third kappa shape index (κ3) is 3.76. The number of hydrogen-bond acceptors (Lipinski definition) is 2. The second-order valence-corrected chi connectivity index (χ2v) is 5.17. The molecule has 0 bridgehead atoms. The fourth-order valence-electron chi connectivity index (χ4n) is 2.37. The van der Waals surface area contributed by atoms with E-state index in [1.54, 1.807) is 0 Å². The van der Waals surface area contributed by atoms with Gasteiger partial charge in [-0.15, -0.1) is 0 Å². The first-order chi connectivity index (χ1) is 7.19. The highest BCUT2D eigenvalue weighted by atomic mass is 15.2. The molecular weight excluding hydrogens is 184 g/mol. The Morgan fingerprint density at radius 1 is 1.33 bits per heavy atom. The second kappa shape index (κ2) is 6.49. The van der Waals surface area contributed by atoms with E-state index in [2.05, 4.69) is 37.9 Å². The summed E-state index contributed by atoms with van der Waals surface area (Å²) >= 11 is 0. The summed E-state index contributed by atoms with van der Waals surface area (Å²) in [6.45, 7) is 13.0. The molecule has 15 heavy (non-hydrogen) atoms. The average molecular weight is 212 g/mol. The number of piperazine rings is 1. The summed E-state index contributed by atoms with van der Waals surface area (Å²) in [5.41, 5.74) is 0. The van der Waals surface area contributed by atoms with Crippen LogP contribution in [0.15, 0.2) is 0 Å². The van der Waals surface area contributed by atoms with Gasteiger partial charge < -0.3 is 5.32 Å². The molecule has 0 saturated carbocycles. The van der Waals surface area contributed by atoms with Gasteiger partial charge in [0.05, 0.1) is 0 Å². The van der Waals surface area contributed by atoms with Gasteiger partial charge in [-0.1, -0.05) is 34.1 Å². The highest BCUT2D eigenvalue weighted by Gasteiger charge is 2.27. The predicted molar refractivity (Wildman–Crippen MR) is 67.2 cm³/mol. The van der Waals surface area contributed by atoms with Crippen LogP contribution in [0.1, 0.15) is 47.0 Å². The van der Waals surface area contributed by atoms with Crippen LogP contribution in [-0.2, 0) is 0 Å². The van der Waals surface area contributed by atoms with Gasteiger partial charge in [0, 0.05) is 25.2 Å². The van der Waals surface area contributed by atoms with Crippen molar-refractivity contribution in [1.29, 1.82) is 0 Å². The predicted octanol–water partition coefficient (Wildman–Crippen LogP) is 2.49. The summed E-state index contributed by atoms with van der Waals surface area (Å²) in [6.07, 6.45) is 3.94. The zero-order valence-corrected chi connectivity index (χ0v) is 10.9. The summed E-state index contributed by atoms with van der Waals surface area (Å²) in [5.74, 6) is 0.756. The number of rotatable bonds is 5. The molecule has 0 radical (unpaired) electrons. The largest absolute Gasteiger partial charge is 0.311 e. The lowest BCUT2D eigenvalue weighted by Crippen LogP contribution is -2.57. The van der Waals surface area contributed by atoms with Crippen molar-refractivity contribution in [1.82, 2.24) is 10.2 Å². The van der Waals surface area contributed by atoms with Crippen LogP contribution in [0.2, 0.25) is 0 Å². The Morgan fingerprint density at radius 2 is 2.07 bits per heavy atom. The van der Waals surface area contributed by atoms with Gasteiger partial charge in [-0.3, -0.25) is 4.90 Å². The minimum atomic E-state index is 0.699. The first kappa shape index (κ1) is 13.0. The first-order valence-electron chi connectivity index (χ1n) is 6.66. The quantitative estimate of drug-likeness (QED) is 0.753. The second-order valence-electron chi connectivity index (χ2n) is 5.17. The van der Waals surface area contributed by atoms with E-state index in [9.17, 15) is 0 Å². The third-order valence-electron chi connectivity index (χ3n) is 3.64. The molecule has 0 aliphatic carbocycles. The van der Waals surface area contributed by atoms with Gasteiger partial charge in [0.25, 0.3) is 0 Å². The van der Waals surface area contributed by atoms with Gasteiger partial charge in [-0.2, -0.15) is 0 Å². The van der Waals surface area contributed by atoms with Crippen molar-refractivity contribution in [2.75, 3.05) is 19.6 Å². The summed E-state index contributed by atoms with van der Waals surface area (Å²) in [4.78, 5) is 2.70. The molecule has 2 atom stereocenters. The van der Waals surface area contributed by atoms with E-state index >= 15 is 0 Å². The maximum absolute atomic E-state index is 3.68. The van der Waals surface area contributed by atoms with E-state index < -0.39 is 0 Å². The lowest BCUT2D eigenvalue weighted by molar-refractivity contribution is 0.109. The Bertz CT molecular complexity index is 168. The maximum atomic E-state index is 3.68. The van der Waals surface area contributed by atoms with Crippen molar-refractivity contribution in [2.24, 2.45) is 5.92 Å². The molecule has 1 N–H and O–H groups in total. The van der Waals surface area contributed by atoms with Crippen LogP contribution in [-0.4, -0.2) is 36.6 Å². The number of unbranched alkanes of at least 4 members (excludes halogenated alkanes) is 1. The Kier molecular flexibility index (Phi) is 5.62. The molecule has 1 fully saturated rings. The van der Waals surface area contributed by atoms with Crippen LogP contribution in [0.25, 0.3) is 0 Å². The SMILES string of the molecule is CCCCN1CC(C(C)C)NCC1CC. The van der Waals surface area contributed by atoms with Crippen LogP contribution >= 0.6 is 0 Å². The standard InChI is InChI=1S/C13H28N2/c1-5-7-8-15-10-13(11(3)4)14-9-12(15)6-2/h11-14H,5-10H2,1-4H3. The van der Waals surface area contributed by atoms with Crippen molar-refractivity contribution in [3.05, 3.63) is 0 Å². The molecule has 90 valence electrons. The van der Waals surface area contributed by atoms with Crippen LogP contribution < -0.4 is 5.32 Å². The lowest BCUT2D eigenvalue weighted by Gasteiger charge is -2.41. The van der Waals surface area contributed by atoms with E-state index in [-0.39, 0.29) is 0 Å². The van der Waals surface area contributed by atoms with Gasteiger partial charge in [-0.05, 0) is 25.3 Å². The molecule has 0 amide bonds. The van der Waals surface area contributed by atoms with Gasteiger partial charge in [0.1, 0.15) is 0 Å². The third-order valence-corrected chi connectivity index (χ3v) is 3.64. The molecule has 0 aromatic heterocycles. The minimum Gasteiger partial charge on any atom is -0.311 e. The van der Waals surface area contributed by atoms with Crippen LogP contribution in [0.3, 0.4) is 0 Å². The fraction of sp³-hybridized carbons (Fsp3) is 1.00. The van der Waals surface area contributed by atoms with E-state index in [0.29, 0.717) is 6.04 Å². The summed E-state index contributed by atoms with van der Waals surface area (Å²) in [6, 6.07) is 1.47. The van der Waals surface area contributed by atoms with Crippen molar-refractivity contribution in [3.63, 3.8) is 0 Å². The first-order valence-corrected chi connectivity index (χ1v) is 6.66. The maximum Gasteiger partial charge on any atom is 0.0218 e. The highest BCUT2D eigenvalue weighted by Crippen LogP contribution is 2.15. The van der Waals surface area contributed by atoms with Crippen LogP contribution in [0.5, 0.6) is 0 Å². The molecular formula is C13H28N2. The molecule has 1 aliphatic rings. The zero-order valence-electron chi connectivity index (χ0n) is 10.9. The Hall–Kier alpha value is -0.0800.